The van der Waals surface area contributed by atoms with E-state index in [1.54, 1.807) is 18.2 Å². The maximum absolute atomic E-state index is 9.04. The van der Waals surface area contributed by atoms with Gasteiger partial charge in [-0.15, -0.1) is 0 Å². The molecule has 15 heavy (non-hydrogen) atoms. The minimum absolute atomic E-state index is 0.0356. The molecular formula is C11H13ClN2O. The lowest BCUT2D eigenvalue weighted by atomic mass is 10.1. The number of halogens is 1. The van der Waals surface area contributed by atoms with Gasteiger partial charge in [-0.3, -0.25) is 0 Å². The highest BCUT2D eigenvalue weighted by Crippen LogP contribution is 2.21. The summed E-state index contributed by atoms with van der Waals surface area (Å²) in [6.45, 7) is 2.00. The maximum atomic E-state index is 9.04. The number of aliphatic hydroxyl groups excluding tert-OH is 1. The number of aliphatic hydroxyl groups is 1. The Morgan fingerprint density at radius 2 is 2.33 bits per heavy atom. The third-order valence-electron chi connectivity index (χ3n) is 2.17. The molecule has 80 valence electrons. The van der Waals surface area contributed by atoms with E-state index in [2.05, 4.69) is 11.4 Å². The molecule has 1 rings (SSSR count). The third-order valence-corrected chi connectivity index (χ3v) is 2.41. The summed E-state index contributed by atoms with van der Waals surface area (Å²) in [5.74, 6) is 0. The van der Waals surface area contributed by atoms with Crippen LogP contribution in [-0.2, 0) is 0 Å². The number of anilines is 1. The quantitative estimate of drug-likeness (QED) is 0.826. The predicted octanol–water partition coefficient (Wildman–Crippen LogP) is 2.39. The van der Waals surface area contributed by atoms with E-state index < -0.39 is 0 Å². The molecule has 0 heterocycles. The van der Waals surface area contributed by atoms with Crippen LogP contribution in [0, 0.1) is 11.3 Å². The molecule has 1 unspecified atom stereocenters. The SMILES string of the molecule is CCC(CO)Nc1cc(Cl)ccc1C#N. The van der Waals surface area contributed by atoms with Crippen LogP contribution in [0.1, 0.15) is 18.9 Å². The Kier molecular flexibility index (Phi) is 4.41. The summed E-state index contributed by atoms with van der Waals surface area (Å²) in [4.78, 5) is 0. The van der Waals surface area contributed by atoms with Gasteiger partial charge >= 0.3 is 0 Å². The van der Waals surface area contributed by atoms with E-state index in [1.165, 1.54) is 0 Å². The fourth-order valence-electron chi connectivity index (χ4n) is 1.23. The molecule has 0 aromatic heterocycles. The van der Waals surface area contributed by atoms with Crippen LogP contribution in [-0.4, -0.2) is 17.8 Å². The average molecular weight is 225 g/mol. The zero-order chi connectivity index (χ0) is 11.3. The van der Waals surface area contributed by atoms with E-state index in [0.717, 1.165) is 6.42 Å². The molecule has 0 saturated carbocycles. The van der Waals surface area contributed by atoms with Crippen LogP contribution in [0.4, 0.5) is 5.69 Å². The van der Waals surface area contributed by atoms with Crippen LogP contribution in [0.25, 0.3) is 0 Å². The summed E-state index contributed by atoms with van der Waals surface area (Å²) < 4.78 is 0. The van der Waals surface area contributed by atoms with Gasteiger partial charge in [-0.25, -0.2) is 0 Å². The summed E-state index contributed by atoms with van der Waals surface area (Å²) in [6, 6.07) is 7.05. The van der Waals surface area contributed by atoms with E-state index in [0.29, 0.717) is 16.3 Å². The van der Waals surface area contributed by atoms with E-state index in [9.17, 15) is 0 Å². The van der Waals surface area contributed by atoms with Gasteiger partial charge in [0.15, 0.2) is 0 Å². The second-order valence-corrected chi connectivity index (χ2v) is 3.67. The van der Waals surface area contributed by atoms with Crippen molar-refractivity contribution in [1.82, 2.24) is 0 Å². The molecule has 0 bridgehead atoms. The highest BCUT2D eigenvalue weighted by atomic mass is 35.5. The second kappa shape index (κ2) is 5.59. The molecule has 1 aromatic carbocycles. The van der Waals surface area contributed by atoms with E-state index >= 15 is 0 Å². The number of benzene rings is 1. The summed E-state index contributed by atoms with van der Waals surface area (Å²) in [5.41, 5.74) is 1.21. The Bertz CT molecular complexity index is 369. The lowest BCUT2D eigenvalue weighted by molar-refractivity contribution is 0.272. The molecule has 0 saturated heterocycles. The number of nitrogens with one attached hydrogen (secondary N) is 1. The van der Waals surface area contributed by atoms with Gasteiger partial charge < -0.3 is 10.4 Å². The van der Waals surface area contributed by atoms with E-state index in [4.69, 9.17) is 22.0 Å². The lowest BCUT2D eigenvalue weighted by Gasteiger charge is -2.16. The van der Waals surface area contributed by atoms with Crippen LogP contribution in [0.5, 0.6) is 0 Å². The highest BCUT2D eigenvalue weighted by Gasteiger charge is 2.08. The van der Waals surface area contributed by atoms with Crippen molar-refractivity contribution < 1.29 is 5.11 Å². The molecular weight excluding hydrogens is 212 g/mol. The number of hydrogen-bond donors (Lipinski definition) is 2. The van der Waals surface area contributed by atoms with Crippen molar-refractivity contribution in [2.45, 2.75) is 19.4 Å². The Labute approximate surface area is 94.3 Å². The third kappa shape index (κ3) is 3.12. The van der Waals surface area contributed by atoms with Crippen molar-refractivity contribution in [3.05, 3.63) is 28.8 Å². The minimum atomic E-state index is -0.0458. The Morgan fingerprint density at radius 3 is 2.87 bits per heavy atom. The van der Waals surface area contributed by atoms with Crippen molar-refractivity contribution in [2.24, 2.45) is 0 Å². The van der Waals surface area contributed by atoms with Crippen molar-refractivity contribution in [1.29, 1.82) is 5.26 Å². The smallest absolute Gasteiger partial charge is 0.101 e. The monoisotopic (exact) mass is 224 g/mol. The van der Waals surface area contributed by atoms with Crippen molar-refractivity contribution in [3.63, 3.8) is 0 Å². The standard InChI is InChI=1S/C11H13ClN2O/c1-2-10(7-15)14-11-5-9(12)4-3-8(11)6-13/h3-5,10,14-15H,2,7H2,1H3. The number of hydrogen-bond acceptors (Lipinski definition) is 3. The molecule has 0 aliphatic heterocycles. The lowest BCUT2D eigenvalue weighted by Crippen LogP contribution is -2.23. The summed E-state index contributed by atoms with van der Waals surface area (Å²) in [6.07, 6.45) is 0.786. The zero-order valence-corrected chi connectivity index (χ0v) is 9.25. The topological polar surface area (TPSA) is 56.0 Å². The molecule has 2 N–H and O–H groups in total. The molecule has 0 aliphatic rings. The van der Waals surface area contributed by atoms with Crippen LogP contribution in [0.2, 0.25) is 5.02 Å². The maximum Gasteiger partial charge on any atom is 0.101 e. The van der Waals surface area contributed by atoms with Crippen molar-refractivity contribution in [3.8, 4) is 6.07 Å². The molecule has 4 heteroatoms. The molecule has 0 spiro atoms. The minimum Gasteiger partial charge on any atom is -0.394 e. The summed E-state index contributed by atoms with van der Waals surface area (Å²) in [7, 11) is 0. The normalized spacial score (nSPS) is 11.9. The van der Waals surface area contributed by atoms with Gasteiger partial charge in [-0.1, -0.05) is 18.5 Å². The molecule has 0 fully saturated rings. The number of rotatable bonds is 4. The van der Waals surface area contributed by atoms with Gasteiger partial charge in [-0.2, -0.15) is 5.26 Å². The summed E-state index contributed by atoms with van der Waals surface area (Å²) >= 11 is 5.83. The predicted molar refractivity (Wildman–Crippen MR) is 61.0 cm³/mol. The largest absolute Gasteiger partial charge is 0.394 e. The van der Waals surface area contributed by atoms with Crippen molar-refractivity contribution in [2.75, 3.05) is 11.9 Å². The molecule has 1 atom stereocenters. The van der Waals surface area contributed by atoms with Crippen LogP contribution in [0.15, 0.2) is 18.2 Å². The van der Waals surface area contributed by atoms with Gasteiger partial charge in [0.25, 0.3) is 0 Å². The molecule has 1 aromatic rings. The Morgan fingerprint density at radius 1 is 1.60 bits per heavy atom. The van der Waals surface area contributed by atoms with E-state index in [-0.39, 0.29) is 12.6 Å². The molecule has 0 radical (unpaired) electrons. The average Bonchev–Trinajstić information content (AvgIpc) is 2.26. The van der Waals surface area contributed by atoms with Gasteiger partial charge in [0.2, 0.25) is 0 Å². The Balaban J connectivity index is 2.92. The first-order valence-corrected chi connectivity index (χ1v) is 5.16. The van der Waals surface area contributed by atoms with Crippen LogP contribution >= 0.6 is 11.6 Å². The first-order chi connectivity index (χ1) is 7.21. The number of nitrogens with zero attached hydrogens (tertiary/aromatic N) is 1. The first-order valence-electron chi connectivity index (χ1n) is 4.78. The zero-order valence-electron chi connectivity index (χ0n) is 8.50. The van der Waals surface area contributed by atoms with Crippen LogP contribution in [0.3, 0.4) is 0 Å². The second-order valence-electron chi connectivity index (χ2n) is 3.23. The molecule has 0 amide bonds. The van der Waals surface area contributed by atoms with Gasteiger partial charge in [0.05, 0.1) is 17.9 Å². The van der Waals surface area contributed by atoms with Gasteiger partial charge in [0, 0.05) is 11.1 Å². The Hall–Kier alpha value is -1.24. The molecule has 0 aliphatic carbocycles. The number of nitriles is 1. The summed E-state index contributed by atoms with van der Waals surface area (Å²) in [5, 5.41) is 21.6. The highest BCUT2D eigenvalue weighted by molar-refractivity contribution is 6.30. The van der Waals surface area contributed by atoms with Gasteiger partial charge in [0.1, 0.15) is 6.07 Å². The van der Waals surface area contributed by atoms with Crippen LogP contribution < -0.4 is 5.32 Å². The van der Waals surface area contributed by atoms with Gasteiger partial charge in [-0.05, 0) is 24.6 Å². The fourth-order valence-corrected chi connectivity index (χ4v) is 1.40. The van der Waals surface area contributed by atoms with E-state index in [1.807, 2.05) is 6.92 Å². The van der Waals surface area contributed by atoms with Crippen molar-refractivity contribution >= 4 is 17.3 Å². The molecule has 3 nitrogen and oxygen atoms in total. The fraction of sp³-hybridized carbons (Fsp3) is 0.364. The first kappa shape index (κ1) is 11.8.